The number of carboxylic acid groups (broad SMARTS) is 1. The number of rotatable bonds is 5. The van der Waals surface area contributed by atoms with Gasteiger partial charge in [-0.1, -0.05) is 67.1 Å². The molecule has 2 fully saturated rings. The van der Waals surface area contributed by atoms with Gasteiger partial charge in [0.2, 0.25) is 0 Å². The predicted molar refractivity (Wildman–Crippen MR) is 106 cm³/mol. The monoisotopic (exact) mass is 378 g/mol. The lowest BCUT2D eigenvalue weighted by Gasteiger charge is -2.49. The summed E-state index contributed by atoms with van der Waals surface area (Å²) < 4.78 is 5.89. The highest BCUT2D eigenvalue weighted by Gasteiger charge is 2.59. The standard InChI is InChI=1S/C24H26O4/c25-23(26)21-19(16-10-4-1-5-11-16)22(20(21)17-12-6-2-7-13-17)24(27)28-18-14-8-3-9-15-18/h1-2,4-7,10-13,18-22H,3,8-9,14-15H2,(H,25,26)/t19-,20-,21?,22?/m1/s1. The van der Waals surface area contributed by atoms with Gasteiger partial charge in [0.1, 0.15) is 6.10 Å². The van der Waals surface area contributed by atoms with Crippen LogP contribution in [0.25, 0.3) is 0 Å². The molecule has 28 heavy (non-hydrogen) atoms. The van der Waals surface area contributed by atoms with Crippen LogP contribution in [-0.2, 0) is 14.3 Å². The normalized spacial score (nSPS) is 27.6. The van der Waals surface area contributed by atoms with Gasteiger partial charge >= 0.3 is 11.9 Å². The van der Waals surface area contributed by atoms with Gasteiger partial charge in [-0.15, -0.1) is 0 Å². The predicted octanol–water partition coefficient (Wildman–Crippen LogP) is 4.76. The Morgan fingerprint density at radius 2 is 1.25 bits per heavy atom. The molecular weight excluding hydrogens is 352 g/mol. The van der Waals surface area contributed by atoms with Gasteiger partial charge in [-0.05, 0) is 36.8 Å². The van der Waals surface area contributed by atoms with Crippen molar-refractivity contribution in [1.82, 2.24) is 0 Å². The molecule has 0 radical (unpaired) electrons. The summed E-state index contributed by atoms with van der Waals surface area (Å²) in [7, 11) is 0. The minimum atomic E-state index is -0.857. The van der Waals surface area contributed by atoms with Crippen LogP contribution in [0.2, 0.25) is 0 Å². The lowest BCUT2D eigenvalue weighted by atomic mass is 9.52. The molecule has 4 nitrogen and oxygen atoms in total. The average molecular weight is 378 g/mol. The highest BCUT2D eigenvalue weighted by atomic mass is 16.5. The first kappa shape index (κ1) is 18.7. The van der Waals surface area contributed by atoms with E-state index in [0.29, 0.717) is 0 Å². The van der Waals surface area contributed by atoms with Crippen molar-refractivity contribution in [2.24, 2.45) is 11.8 Å². The lowest BCUT2D eigenvalue weighted by molar-refractivity contribution is -0.169. The Hall–Kier alpha value is -2.62. The van der Waals surface area contributed by atoms with Crippen LogP contribution in [-0.4, -0.2) is 23.1 Å². The third-order valence-electron chi connectivity index (χ3n) is 6.31. The van der Waals surface area contributed by atoms with Crippen LogP contribution < -0.4 is 0 Å². The van der Waals surface area contributed by atoms with E-state index in [9.17, 15) is 14.7 Å². The van der Waals surface area contributed by atoms with Crippen molar-refractivity contribution in [3.8, 4) is 0 Å². The van der Waals surface area contributed by atoms with E-state index in [0.717, 1.165) is 36.8 Å². The summed E-state index contributed by atoms with van der Waals surface area (Å²) in [4.78, 5) is 25.4. The molecule has 0 spiro atoms. The number of carbonyl (C=O) groups excluding carboxylic acids is 1. The van der Waals surface area contributed by atoms with Gasteiger partial charge in [0.15, 0.2) is 0 Å². The first-order chi connectivity index (χ1) is 13.7. The molecule has 1 N–H and O–H groups in total. The van der Waals surface area contributed by atoms with Crippen molar-refractivity contribution in [2.45, 2.75) is 50.0 Å². The number of benzene rings is 2. The Morgan fingerprint density at radius 1 is 0.750 bits per heavy atom. The van der Waals surface area contributed by atoms with Crippen LogP contribution in [0.4, 0.5) is 0 Å². The van der Waals surface area contributed by atoms with Gasteiger partial charge in [0.05, 0.1) is 11.8 Å². The molecule has 0 saturated heterocycles. The van der Waals surface area contributed by atoms with E-state index >= 15 is 0 Å². The molecule has 2 atom stereocenters. The maximum atomic E-state index is 13.2. The highest BCUT2D eigenvalue weighted by molar-refractivity contribution is 5.84. The molecule has 0 aromatic heterocycles. The molecule has 0 heterocycles. The van der Waals surface area contributed by atoms with Gasteiger partial charge in [0, 0.05) is 11.8 Å². The Bertz CT molecular complexity index is 764. The molecule has 2 aliphatic rings. The van der Waals surface area contributed by atoms with Crippen molar-refractivity contribution in [3.63, 3.8) is 0 Å². The minimum Gasteiger partial charge on any atom is -0.481 e. The third-order valence-corrected chi connectivity index (χ3v) is 6.31. The first-order valence-electron chi connectivity index (χ1n) is 10.2. The number of hydrogen-bond donors (Lipinski definition) is 1. The van der Waals surface area contributed by atoms with Crippen molar-refractivity contribution in [1.29, 1.82) is 0 Å². The van der Waals surface area contributed by atoms with Gasteiger partial charge in [0.25, 0.3) is 0 Å². The van der Waals surface area contributed by atoms with E-state index in [-0.39, 0.29) is 23.9 Å². The Kier molecular flexibility index (Phi) is 5.47. The molecule has 0 unspecified atom stereocenters. The summed E-state index contributed by atoms with van der Waals surface area (Å²) in [6.45, 7) is 0. The Labute approximate surface area is 165 Å². The van der Waals surface area contributed by atoms with Gasteiger partial charge in [-0.2, -0.15) is 0 Å². The molecule has 2 aliphatic carbocycles. The van der Waals surface area contributed by atoms with Crippen LogP contribution in [0, 0.1) is 11.8 Å². The highest BCUT2D eigenvalue weighted by Crippen LogP contribution is 2.58. The Balaban J connectivity index is 1.66. The van der Waals surface area contributed by atoms with Crippen LogP contribution in [0.1, 0.15) is 55.1 Å². The van der Waals surface area contributed by atoms with Gasteiger partial charge in [-0.3, -0.25) is 9.59 Å². The summed E-state index contributed by atoms with van der Waals surface area (Å²) in [5, 5.41) is 9.97. The molecule has 2 saturated carbocycles. The maximum Gasteiger partial charge on any atom is 0.310 e. The third kappa shape index (κ3) is 3.56. The molecule has 0 amide bonds. The number of carboxylic acids is 1. The first-order valence-corrected chi connectivity index (χ1v) is 10.2. The number of hydrogen-bond acceptors (Lipinski definition) is 3. The largest absolute Gasteiger partial charge is 0.481 e. The number of carbonyl (C=O) groups is 2. The van der Waals surface area contributed by atoms with Crippen molar-refractivity contribution < 1.29 is 19.4 Å². The molecule has 0 aliphatic heterocycles. The number of esters is 1. The summed E-state index contributed by atoms with van der Waals surface area (Å²) in [6, 6.07) is 19.1. The van der Waals surface area contributed by atoms with E-state index in [2.05, 4.69) is 0 Å². The molecule has 2 aromatic carbocycles. The number of ether oxygens (including phenoxy) is 1. The SMILES string of the molecule is O=C(O)C1[C@@H](c2ccccc2)C(C(=O)OC2CCCCC2)[C@@H]1c1ccccc1. The van der Waals surface area contributed by atoms with E-state index in [1.807, 2.05) is 60.7 Å². The zero-order chi connectivity index (χ0) is 19.5. The fourth-order valence-electron chi connectivity index (χ4n) is 4.95. The van der Waals surface area contributed by atoms with E-state index < -0.39 is 17.8 Å². The van der Waals surface area contributed by atoms with Crippen LogP contribution in [0.15, 0.2) is 60.7 Å². The molecule has 0 bridgehead atoms. The van der Waals surface area contributed by atoms with E-state index in [1.165, 1.54) is 6.42 Å². The smallest absolute Gasteiger partial charge is 0.310 e. The number of aliphatic carboxylic acids is 1. The van der Waals surface area contributed by atoms with Crippen molar-refractivity contribution in [2.75, 3.05) is 0 Å². The second-order valence-electron chi connectivity index (χ2n) is 7.96. The van der Waals surface area contributed by atoms with E-state index in [4.69, 9.17) is 4.74 Å². The summed E-state index contributed by atoms with van der Waals surface area (Å²) in [5.41, 5.74) is 1.79. The van der Waals surface area contributed by atoms with Gasteiger partial charge < -0.3 is 9.84 Å². The second-order valence-corrected chi connectivity index (χ2v) is 7.96. The molecular formula is C24H26O4. The summed E-state index contributed by atoms with van der Waals surface area (Å²) in [5.74, 6) is -2.92. The van der Waals surface area contributed by atoms with E-state index in [1.54, 1.807) is 0 Å². The zero-order valence-corrected chi connectivity index (χ0v) is 15.9. The fourth-order valence-corrected chi connectivity index (χ4v) is 4.95. The van der Waals surface area contributed by atoms with Crippen molar-refractivity contribution >= 4 is 11.9 Å². The Morgan fingerprint density at radius 3 is 1.71 bits per heavy atom. The fraction of sp³-hybridized carbons (Fsp3) is 0.417. The topological polar surface area (TPSA) is 63.6 Å². The zero-order valence-electron chi connectivity index (χ0n) is 15.9. The second kappa shape index (κ2) is 8.17. The minimum absolute atomic E-state index is 0.0297. The van der Waals surface area contributed by atoms with Crippen LogP contribution in [0.5, 0.6) is 0 Å². The maximum absolute atomic E-state index is 13.2. The van der Waals surface area contributed by atoms with Crippen LogP contribution >= 0.6 is 0 Å². The van der Waals surface area contributed by atoms with Crippen LogP contribution in [0.3, 0.4) is 0 Å². The quantitative estimate of drug-likeness (QED) is 0.762. The molecule has 2 aromatic rings. The summed E-state index contributed by atoms with van der Waals surface area (Å²) >= 11 is 0. The van der Waals surface area contributed by atoms with Gasteiger partial charge in [-0.25, -0.2) is 0 Å². The van der Waals surface area contributed by atoms with Crippen molar-refractivity contribution in [3.05, 3.63) is 71.8 Å². The average Bonchev–Trinajstić information content (AvgIpc) is 2.69. The molecule has 4 heteroatoms. The molecule has 146 valence electrons. The summed E-state index contributed by atoms with van der Waals surface area (Å²) in [6.07, 6.45) is 5.16. The lowest BCUT2D eigenvalue weighted by Crippen LogP contribution is -2.52. The molecule has 4 rings (SSSR count).